The summed E-state index contributed by atoms with van der Waals surface area (Å²) in [5, 5.41) is -0.250. The van der Waals surface area contributed by atoms with Crippen molar-refractivity contribution in [1.29, 1.82) is 0 Å². The smallest absolute Gasteiger partial charge is 0.192 e. The van der Waals surface area contributed by atoms with Crippen LogP contribution in [0.1, 0.15) is 46.0 Å². The summed E-state index contributed by atoms with van der Waals surface area (Å²) in [5.41, 5.74) is 2.64. The number of benzene rings is 1. The molecule has 2 rings (SSSR count). The van der Waals surface area contributed by atoms with Crippen molar-refractivity contribution in [2.75, 3.05) is 7.11 Å². The van der Waals surface area contributed by atoms with Crippen LogP contribution in [0, 0.1) is 13.8 Å². The molecule has 5 heteroatoms. The summed E-state index contributed by atoms with van der Waals surface area (Å²) in [4.78, 5) is 28.5. The van der Waals surface area contributed by atoms with Crippen molar-refractivity contribution in [2.24, 2.45) is 0 Å². The van der Waals surface area contributed by atoms with Crippen LogP contribution in [0.2, 0.25) is 0 Å². The van der Waals surface area contributed by atoms with Gasteiger partial charge in [0.1, 0.15) is 5.75 Å². The van der Waals surface area contributed by atoms with E-state index in [0.29, 0.717) is 11.3 Å². The molecule has 1 aromatic carbocycles. The van der Waals surface area contributed by atoms with Crippen LogP contribution in [-0.4, -0.2) is 28.9 Å². The Kier molecular flexibility index (Phi) is 5.31. The van der Waals surface area contributed by atoms with Crippen molar-refractivity contribution in [3.8, 4) is 5.75 Å². The Hall–Kier alpha value is -2.01. The first-order valence-electron chi connectivity index (χ1n) is 7.40. The summed E-state index contributed by atoms with van der Waals surface area (Å²) in [6.07, 6.45) is 0. The molecule has 122 valence electrons. The van der Waals surface area contributed by atoms with E-state index in [4.69, 9.17) is 4.74 Å². The Bertz CT molecular complexity index is 731. The van der Waals surface area contributed by atoms with E-state index in [1.54, 1.807) is 7.11 Å². The minimum absolute atomic E-state index is 0.00100. The zero-order chi connectivity index (χ0) is 17.1. The number of carbonyl (C=O) groups is 2. The van der Waals surface area contributed by atoms with E-state index in [9.17, 15) is 9.59 Å². The van der Waals surface area contributed by atoms with Crippen molar-refractivity contribution in [3.05, 3.63) is 46.8 Å². The number of aromatic amines is 1. The summed E-state index contributed by atoms with van der Waals surface area (Å²) < 4.78 is 5.13. The number of Topliss-reactive ketones (excluding diaryl/α,β-unsaturated/α-hetero) is 2. The predicted molar refractivity (Wildman–Crippen MR) is 92.9 cm³/mol. The number of aromatic nitrogens is 1. The zero-order valence-electron chi connectivity index (χ0n) is 14.0. The van der Waals surface area contributed by atoms with Gasteiger partial charge in [-0.25, -0.2) is 0 Å². The first-order chi connectivity index (χ1) is 10.8. The number of rotatable bonds is 6. The maximum Gasteiger partial charge on any atom is 0.192 e. The molecule has 0 bridgehead atoms. The van der Waals surface area contributed by atoms with Gasteiger partial charge in [0.15, 0.2) is 11.6 Å². The summed E-state index contributed by atoms with van der Waals surface area (Å²) in [6.45, 7) is 7.03. The monoisotopic (exact) mass is 331 g/mol. The van der Waals surface area contributed by atoms with E-state index < -0.39 is 0 Å². The van der Waals surface area contributed by atoms with Crippen molar-refractivity contribution in [2.45, 2.75) is 37.8 Å². The van der Waals surface area contributed by atoms with E-state index >= 15 is 0 Å². The molecule has 0 saturated carbocycles. The van der Waals surface area contributed by atoms with Gasteiger partial charge in [-0.1, -0.05) is 0 Å². The largest absolute Gasteiger partial charge is 0.497 e. The third kappa shape index (κ3) is 3.67. The second-order valence-electron chi connectivity index (χ2n) is 5.48. The van der Waals surface area contributed by atoms with Crippen LogP contribution in [0.15, 0.2) is 29.2 Å². The van der Waals surface area contributed by atoms with Crippen LogP contribution in [0.3, 0.4) is 0 Å². The summed E-state index contributed by atoms with van der Waals surface area (Å²) >= 11 is 1.49. The van der Waals surface area contributed by atoms with Gasteiger partial charge in [0.25, 0.3) is 0 Å². The van der Waals surface area contributed by atoms with Gasteiger partial charge in [-0.2, -0.15) is 0 Å². The quantitative estimate of drug-likeness (QED) is 0.636. The second kappa shape index (κ2) is 7.04. The zero-order valence-corrected chi connectivity index (χ0v) is 14.8. The molecule has 1 atom stereocenters. The highest BCUT2D eigenvalue weighted by Crippen LogP contribution is 2.29. The highest BCUT2D eigenvalue weighted by Gasteiger charge is 2.24. The van der Waals surface area contributed by atoms with Gasteiger partial charge in [-0.15, -0.1) is 11.8 Å². The Morgan fingerprint density at radius 2 is 1.78 bits per heavy atom. The number of hydrogen-bond donors (Lipinski definition) is 1. The van der Waals surface area contributed by atoms with E-state index in [-0.39, 0.29) is 16.8 Å². The number of aryl methyl sites for hydroxylation is 1. The molecule has 0 radical (unpaired) electrons. The van der Waals surface area contributed by atoms with Crippen LogP contribution in [-0.2, 0) is 0 Å². The predicted octanol–water partition coefficient (Wildman–Crippen LogP) is 4.21. The molecular formula is C18H21NO3S. The lowest BCUT2D eigenvalue weighted by molar-refractivity contribution is 0.0988. The van der Waals surface area contributed by atoms with E-state index in [1.807, 2.05) is 45.0 Å². The lowest BCUT2D eigenvalue weighted by Crippen LogP contribution is -2.15. The first kappa shape index (κ1) is 17.3. The molecule has 1 unspecified atom stereocenters. The molecule has 4 nitrogen and oxygen atoms in total. The maximum atomic E-state index is 12.7. The van der Waals surface area contributed by atoms with Crippen molar-refractivity contribution < 1.29 is 14.3 Å². The Morgan fingerprint density at radius 3 is 2.26 bits per heavy atom. The molecule has 0 fully saturated rings. The number of carbonyl (C=O) groups excluding carboxylic acids is 2. The summed E-state index contributed by atoms with van der Waals surface area (Å²) in [7, 11) is 1.62. The molecule has 0 aliphatic heterocycles. The number of ether oxygens (including phenoxy) is 1. The Balaban J connectivity index is 2.19. The fourth-order valence-corrected chi connectivity index (χ4v) is 3.57. The van der Waals surface area contributed by atoms with Gasteiger partial charge >= 0.3 is 0 Å². The van der Waals surface area contributed by atoms with E-state index in [0.717, 1.165) is 21.9 Å². The lowest BCUT2D eigenvalue weighted by Gasteiger charge is -2.10. The molecule has 23 heavy (non-hydrogen) atoms. The van der Waals surface area contributed by atoms with Crippen molar-refractivity contribution in [3.63, 3.8) is 0 Å². The highest BCUT2D eigenvalue weighted by atomic mass is 32.2. The minimum atomic E-state index is -0.250. The molecule has 1 heterocycles. The third-order valence-electron chi connectivity index (χ3n) is 3.78. The number of nitrogens with one attached hydrogen (secondary N) is 1. The molecule has 0 aliphatic carbocycles. The van der Waals surface area contributed by atoms with Crippen molar-refractivity contribution >= 4 is 23.3 Å². The fourth-order valence-electron chi connectivity index (χ4n) is 2.64. The van der Waals surface area contributed by atoms with Crippen LogP contribution in [0.5, 0.6) is 5.75 Å². The van der Waals surface area contributed by atoms with Gasteiger partial charge < -0.3 is 9.72 Å². The summed E-state index contributed by atoms with van der Waals surface area (Å²) in [5.74, 6) is 0.764. The van der Waals surface area contributed by atoms with E-state index in [2.05, 4.69) is 4.98 Å². The number of thioether (sulfide) groups is 1. The number of ketones is 2. The van der Waals surface area contributed by atoms with Crippen LogP contribution >= 0.6 is 11.8 Å². The SMILES string of the molecule is COc1ccc(SC(C)C(=O)c2[nH]c(C)c(C(C)=O)c2C)cc1. The van der Waals surface area contributed by atoms with Crippen LogP contribution < -0.4 is 4.74 Å². The average Bonchev–Trinajstić information content (AvgIpc) is 2.82. The molecule has 1 aromatic heterocycles. The second-order valence-corrected chi connectivity index (χ2v) is 6.90. The number of hydrogen-bond acceptors (Lipinski definition) is 4. The van der Waals surface area contributed by atoms with Crippen molar-refractivity contribution in [1.82, 2.24) is 4.98 Å². The molecule has 0 saturated heterocycles. The maximum absolute atomic E-state index is 12.7. The molecule has 1 N–H and O–H groups in total. The number of H-pyrrole nitrogens is 1. The van der Waals surface area contributed by atoms with Gasteiger partial charge in [0, 0.05) is 16.2 Å². The lowest BCUT2D eigenvalue weighted by atomic mass is 10.0. The van der Waals surface area contributed by atoms with Crippen LogP contribution in [0.25, 0.3) is 0 Å². The third-order valence-corrected chi connectivity index (χ3v) is 4.89. The fraction of sp³-hybridized carbons (Fsp3) is 0.333. The summed E-state index contributed by atoms with van der Waals surface area (Å²) in [6, 6.07) is 7.61. The topological polar surface area (TPSA) is 59.2 Å². The normalized spacial score (nSPS) is 12.0. The van der Waals surface area contributed by atoms with E-state index in [1.165, 1.54) is 18.7 Å². The standard InChI is InChI=1S/C18H21NO3S/c1-10-16(12(3)20)11(2)19-17(10)18(21)13(4)23-15-8-6-14(22-5)7-9-15/h6-9,13,19H,1-5H3. The average molecular weight is 331 g/mol. The Labute approximate surface area is 140 Å². The minimum Gasteiger partial charge on any atom is -0.497 e. The molecule has 0 aliphatic rings. The molecule has 0 spiro atoms. The van der Waals surface area contributed by atoms with Gasteiger partial charge in [-0.05, 0) is 57.5 Å². The molecule has 0 amide bonds. The molecule has 2 aromatic rings. The first-order valence-corrected chi connectivity index (χ1v) is 8.28. The highest BCUT2D eigenvalue weighted by molar-refractivity contribution is 8.00. The molecular weight excluding hydrogens is 310 g/mol. The van der Waals surface area contributed by atoms with Gasteiger partial charge in [-0.3, -0.25) is 9.59 Å². The van der Waals surface area contributed by atoms with Crippen LogP contribution in [0.4, 0.5) is 0 Å². The number of methoxy groups -OCH3 is 1. The van der Waals surface area contributed by atoms with Gasteiger partial charge in [0.05, 0.1) is 18.1 Å². The van der Waals surface area contributed by atoms with Gasteiger partial charge in [0.2, 0.25) is 0 Å². The Morgan fingerprint density at radius 1 is 1.17 bits per heavy atom.